The Morgan fingerprint density at radius 1 is 0.714 bits per heavy atom. The number of fused-ring (bicyclic) bond motifs is 1. The summed E-state index contributed by atoms with van der Waals surface area (Å²) in [6, 6.07) is 15.3. The number of ether oxygens (including phenoxy) is 5. The van der Waals surface area contributed by atoms with E-state index in [1.54, 1.807) is 26.4 Å². The van der Waals surface area contributed by atoms with E-state index in [9.17, 15) is 9.90 Å². The van der Waals surface area contributed by atoms with Crippen molar-refractivity contribution in [2.45, 2.75) is 25.7 Å². The van der Waals surface area contributed by atoms with Crippen LogP contribution in [0.4, 0.5) is 0 Å². The van der Waals surface area contributed by atoms with E-state index in [0.29, 0.717) is 25.4 Å². The lowest BCUT2D eigenvalue weighted by Gasteiger charge is -2.19. The average molecular weight is 479 g/mol. The van der Waals surface area contributed by atoms with Gasteiger partial charge in [0.25, 0.3) is 0 Å². The van der Waals surface area contributed by atoms with Gasteiger partial charge >= 0.3 is 5.97 Å². The van der Waals surface area contributed by atoms with E-state index in [0.717, 1.165) is 59.0 Å². The molecule has 3 aromatic carbocycles. The standard InChI is InChI=1S/C28H30O7/c1-31-24-17-25(32-2)21(9-5-19-7-11-23-27(15-19)35-13-12-34-23)16-20(24)8-4-18-6-10-22(28(29)30)26(14-18)33-3/h6-7,10-11,14-17H,4-5,8-9,12-13H2,1-3H3,(H,29,30). The zero-order valence-corrected chi connectivity index (χ0v) is 20.3. The summed E-state index contributed by atoms with van der Waals surface area (Å²) in [6.07, 6.45) is 3.05. The Hall–Kier alpha value is -3.87. The van der Waals surface area contributed by atoms with Crippen molar-refractivity contribution < 1.29 is 33.6 Å². The molecule has 7 nitrogen and oxygen atoms in total. The van der Waals surface area contributed by atoms with Crippen molar-refractivity contribution in [3.8, 4) is 28.7 Å². The Morgan fingerprint density at radius 3 is 1.89 bits per heavy atom. The molecule has 0 fully saturated rings. The Balaban J connectivity index is 1.51. The molecule has 0 unspecified atom stereocenters. The highest BCUT2D eigenvalue weighted by Gasteiger charge is 2.16. The maximum atomic E-state index is 11.4. The molecule has 1 N–H and O–H groups in total. The number of aryl methyl sites for hydroxylation is 4. The number of carboxylic acid groups (broad SMARTS) is 1. The summed E-state index contributed by atoms with van der Waals surface area (Å²) in [5.74, 6) is 2.48. The minimum absolute atomic E-state index is 0.153. The van der Waals surface area contributed by atoms with Crippen LogP contribution in [0.3, 0.4) is 0 Å². The topological polar surface area (TPSA) is 83.5 Å². The Labute approximate surface area is 205 Å². The predicted molar refractivity (Wildman–Crippen MR) is 132 cm³/mol. The highest BCUT2D eigenvalue weighted by molar-refractivity contribution is 5.91. The van der Waals surface area contributed by atoms with Gasteiger partial charge in [-0.25, -0.2) is 4.79 Å². The fourth-order valence-electron chi connectivity index (χ4n) is 4.30. The largest absolute Gasteiger partial charge is 0.496 e. The number of carbonyl (C=O) groups is 1. The molecule has 35 heavy (non-hydrogen) atoms. The first-order chi connectivity index (χ1) is 17.0. The van der Waals surface area contributed by atoms with Crippen LogP contribution in [0.2, 0.25) is 0 Å². The highest BCUT2D eigenvalue weighted by Crippen LogP contribution is 2.34. The minimum Gasteiger partial charge on any atom is -0.496 e. The van der Waals surface area contributed by atoms with Gasteiger partial charge in [0.05, 0.1) is 21.3 Å². The van der Waals surface area contributed by atoms with Gasteiger partial charge in [-0.2, -0.15) is 0 Å². The molecule has 0 atom stereocenters. The van der Waals surface area contributed by atoms with Crippen molar-refractivity contribution in [3.05, 3.63) is 76.3 Å². The molecule has 0 spiro atoms. The lowest BCUT2D eigenvalue weighted by molar-refractivity contribution is 0.0693. The zero-order chi connectivity index (χ0) is 24.8. The first-order valence-electron chi connectivity index (χ1n) is 11.5. The van der Waals surface area contributed by atoms with E-state index in [-0.39, 0.29) is 5.56 Å². The molecule has 3 aromatic rings. The third kappa shape index (κ3) is 5.62. The van der Waals surface area contributed by atoms with Crippen LogP contribution in [0, 0.1) is 0 Å². The molecule has 0 radical (unpaired) electrons. The molecule has 0 saturated heterocycles. The molecule has 0 saturated carbocycles. The van der Waals surface area contributed by atoms with Crippen molar-refractivity contribution in [3.63, 3.8) is 0 Å². The Bertz CT molecular complexity index is 1200. The second-order valence-electron chi connectivity index (χ2n) is 8.29. The number of carboxylic acids is 1. The molecule has 1 aliphatic heterocycles. The van der Waals surface area contributed by atoms with Crippen molar-refractivity contribution in [2.24, 2.45) is 0 Å². The van der Waals surface area contributed by atoms with Gasteiger partial charge in [-0.05, 0) is 78.3 Å². The molecule has 1 heterocycles. The molecular weight excluding hydrogens is 448 g/mol. The summed E-state index contributed by atoms with van der Waals surface area (Å²) in [6.45, 7) is 1.14. The smallest absolute Gasteiger partial charge is 0.339 e. The van der Waals surface area contributed by atoms with Gasteiger partial charge in [0.2, 0.25) is 0 Å². The van der Waals surface area contributed by atoms with E-state index in [2.05, 4.69) is 12.1 Å². The Morgan fingerprint density at radius 2 is 1.29 bits per heavy atom. The normalized spacial score (nSPS) is 12.2. The van der Waals surface area contributed by atoms with E-state index < -0.39 is 5.97 Å². The van der Waals surface area contributed by atoms with Gasteiger partial charge in [0.1, 0.15) is 36.0 Å². The molecule has 0 aromatic heterocycles. The van der Waals surface area contributed by atoms with Crippen LogP contribution in [-0.4, -0.2) is 45.6 Å². The van der Waals surface area contributed by atoms with Crippen molar-refractivity contribution in [2.75, 3.05) is 34.5 Å². The summed E-state index contributed by atoms with van der Waals surface area (Å²) in [4.78, 5) is 11.4. The summed E-state index contributed by atoms with van der Waals surface area (Å²) >= 11 is 0. The number of aromatic carboxylic acids is 1. The van der Waals surface area contributed by atoms with Crippen LogP contribution in [0.25, 0.3) is 0 Å². The molecule has 0 amide bonds. The molecule has 4 rings (SSSR count). The number of rotatable bonds is 10. The number of hydrogen-bond donors (Lipinski definition) is 1. The van der Waals surface area contributed by atoms with Crippen LogP contribution in [0.1, 0.15) is 32.6 Å². The predicted octanol–water partition coefficient (Wildman–Crippen LogP) is 4.75. The maximum absolute atomic E-state index is 11.4. The Kier molecular flexibility index (Phi) is 7.65. The van der Waals surface area contributed by atoms with E-state index in [4.69, 9.17) is 23.7 Å². The summed E-state index contributed by atoms with van der Waals surface area (Å²) in [5, 5.41) is 9.31. The van der Waals surface area contributed by atoms with Crippen molar-refractivity contribution >= 4 is 5.97 Å². The quantitative estimate of drug-likeness (QED) is 0.450. The van der Waals surface area contributed by atoms with Gasteiger partial charge in [0.15, 0.2) is 11.5 Å². The molecule has 7 heteroatoms. The number of hydrogen-bond acceptors (Lipinski definition) is 6. The van der Waals surface area contributed by atoms with Crippen LogP contribution >= 0.6 is 0 Å². The first kappa shape index (κ1) is 24.3. The summed E-state index contributed by atoms with van der Waals surface area (Å²) in [7, 11) is 4.79. The molecule has 0 bridgehead atoms. The van der Waals surface area contributed by atoms with Gasteiger partial charge in [-0.1, -0.05) is 12.1 Å². The third-order valence-electron chi connectivity index (χ3n) is 6.15. The average Bonchev–Trinajstić information content (AvgIpc) is 2.89. The number of methoxy groups -OCH3 is 3. The molecule has 0 aliphatic carbocycles. The second-order valence-corrected chi connectivity index (χ2v) is 8.29. The van der Waals surface area contributed by atoms with E-state index >= 15 is 0 Å². The zero-order valence-electron chi connectivity index (χ0n) is 20.3. The monoisotopic (exact) mass is 478 g/mol. The van der Waals surface area contributed by atoms with Crippen LogP contribution in [0.5, 0.6) is 28.7 Å². The van der Waals surface area contributed by atoms with Crippen LogP contribution in [-0.2, 0) is 25.7 Å². The van der Waals surface area contributed by atoms with Gasteiger partial charge in [0, 0.05) is 6.07 Å². The van der Waals surface area contributed by atoms with E-state index in [1.165, 1.54) is 12.7 Å². The second kappa shape index (κ2) is 11.0. The maximum Gasteiger partial charge on any atom is 0.339 e. The minimum atomic E-state index is -1.01. The SMILES string of the molecule is COc1cc(OC)c(CCc2ccc(C(=O)O)c(OC)c2)cc1CCc1ccc2c(c1)OCCO2. The fraction of sp³-hybridized carbons (Fsp3) is 0.321. The fourth-order valence-corrected chi connectivity index (χ4v) is 4.30. The lowest BCUT2D eigenvalue weighted by Crippen LogP contribution is -2.15. The highest BCUT2D eigenvalue weighted by atomic mass is 16.6. The molecular formula is C28H30O7. The van der Waals surface area contributed by atoms with Crippen molar-refractivity contribution in [1.29, 1.82) is 0 Å². The van der Waals surface area contributed by atoms with E-state index in [1.807, 2.05) is 24.3 Å². The lowest BCUT2D eigenvalue weighted by atomic mass is 9.97. The molecule has 184 valence electrons. The van der Waals surface area contributed by atoms with Gasteiger partial charge in [-0.3, -0.25) is 0 Å². The van der Waals surface area contributed by atoms with Gasteiger partial charge < -0.3 is 28.8 Å². The van der Waals surface area contributed by atoms with Crippen LogP contribution in [0.15, 0.2) is 48.5 Å². The molecule has 1 aliphatic rings. The van der Waals surface area contributed by atoms with Crippen LogP contribution < -0.4 is 23.7 Å². The van der Waals surface area contributed by atoms with Gasteiger partial charge in [-0.15, -0.1) is 0 Å². The first-order valence-corrected chi connectivity index (χ1v) is 11.5. The summed E-state index contributed by atoms with van der Waals surface area (Å²) in [5.41, 5.74) is 4.46. The van der Waals surface area contributed by atoms with Crippen molar-refractivity contribution in [1.82, 2.24) is 0 Å². The third-order valence-corrected chi connectivity index (χ3v) is 6.15. The summed E-state index contributed by atoms with van der Waals surface area (Å²) < 4.78 is 27.9. The number of benzene rings is 3.